The van der Waals surface area contributed by atoms with E-state index in [4.69, 9.17) is 33.4 Å². The van der Waals surface area contributed by atoms with Gasteiger partial charge < -0.3 is 10.2 Å². The van der Waals surface area contributed by atoms with Crippen LogP contribution in [0.1, 0.15) is 19.8 Å². The normalized spacial score (nSPS) is 9.00. The number of aliphatic hydroxyl groups excluding tert-OH is 2. The third-order valence-corrected chi connectivity index (χ3v) is 0.926. The van der Waals surface area contributed by atoms with E-state index in [1.807, 2.05) is 0 Å². The highest BCUT2D eigenvalue weighted by Gasteiger charge is 1.88. The van der Waals surface area contributed by atoms with Crippen molar-refractivity contribution >= 4 is 23.2 Å². The van der Waals surface area contributed by atoms with Crippen LogP contribution in [0.15, 0.2) is 0 Å². The minimum atomic E-state index is -0.616. The summed E-state index contributed by atoms with van der Waals surface area (Å²) in [7, 11) is 0. The van der Waals surface area contributed by atoms with Gasteiger partial charge >= 0.3 is 0 Å². The highest BCUT2D eigenvalue weighted by Crippen LogP contribution is 1.96. The van der Waals surface area contributed by atoms with Crippen LogP contribution in [0.4, 0.5) is 0 Å². The van der Waals surface area contributed by atoms with Gasteiger partial charge in [-0.2, -0.15) is 0 Å². The Bertz CT molecular complexity index is 49.0. The van der Waals surface area contributed by atoms with Crippen molar-refractivity contribution in [1.82, 2.24) is 0 Å². The number of rotatable bonds is 3. The molecule has 0 aromatic rings. The standard InChI is InChI=1S/C4H10O.C2H4Cl2O/c1-2-3-4-5;3-2(4)1-5/h5H,2-4H2,1H3;2,5H,1H2. The number of hydrogen-bond acceptors (Lipinski definition) is 2. The van der Waals surface area contributed by atoms with Crippen LogP contribution in [-0.4, -0.2) is 28.3 Å². The summed E-state index contributed by atoms with van der Waals surface area (Å²) in [5.74, 6) is 0. The Hall–Kier alpha value is 0.500. The van der Waals surface area contributed by atoms with Crippen molar-refractivity contribution in [3.05, 3.63) is 0 Å². The summed E-state index contributed by atoms with van der Waals surface area (Å²) in [6, 6.07) is 0. The summed E-state index contributed by atoms with van der Waals surface area (Å²) in [5, 5.41) is 15.9. The zero-order valence-corrected chi connectivity index (χ0v) is 7.57. The molecular formula is C6H14Cl2O2. The fourth-order valence-electron chi connectivity index (χ4n) is 0.158. The first-order valence-electron chi connectivity index (χ1n) is 3.18. The minimum Gasteiger partial charge on any atom is -0.396 e. The van der Waals surface area contributed by atoms with Gasteiger partial charge in [0.2, 0.25) is 0 Å². The number of halogens is 2. The lowest BCUT2D eigenvalue weighted by atomic mass is 10.4. The Morgan fingerprint density at radius 3 is 1.70 bits per heavy atom. The van der Waals surface area contributed by atoms with Crippen LogP contribution in [0, 0.1) is 0 Å². The fourth-order valence-corrected chi connectivity index (χ4v) is 0.158. The molecule has 0 radical (unpaired) electrons. The van der Waals surface area contributed by atoms with Crippen molar-refractivity contribution < 1.29 is 10.2 Å². The van der Waals surface area contributed by atoms with Crippen LogP contribution in [0.5, 0.6) is 0 Å². The zero-order valence-electron chi connectivity index (χ0n) is 6.06. The molecule has 10 heavy (non-hydrogen) atoms. The van der Waals surface area contributed by atoms with Crippen LogP contribution in [0.25, 0.3) is 0 Å². The molecule has 0 saturated carbocycles. The van der Waals surface area contributed by atoms with E-state index in [0.717, 1.165) is 12.8 Å². The monoisotopic (exact) mass is 188 g/mol. The molecule has 2 nitrogen and oxygen atoms in total. The van der Waals surface area contributed by atoms with Crippen molar-refractivity contribution in [2.24, 2.45) is 0 Å². The lowest BCUT2D eigenvalue weighted by molar-refractivity contribution is 0.287. The predicted octanol–water partition coefficient (Wildman–Crippen LogP) is 1.56. The van der Waals surface area contributed by atoms with E-state index >= 15 is 0 Å². The lowest BCUT2D eigenvalue weighted by Gasteiger charge is -1.84. The second-order valence-electron chi connectivity index (χ2n) is 1.65. The molecule has 0 aromatic carbocycles. The first-order chi connectivity index (χ1) is 4.68. The molecule has 0 spiro atoms. The van der Waals surface area contributed by atoms with Gasteiger partial charge in [-0.3, -0.25) is 0 Å². The van der Waals surface area contributed by atoms with Gasteiger partial charge in [0, 0.05) is 6.61 Å². The van der Waals surface area contributed by atoms with E-state index < -0.39 is 4.84 Å². The molecule has 0 atom stereocenters. The van der Waals surface area contributed by atoms with E-state index in [0.29, 0.717) is 6.61 Å². The maximum absolute atomic E-state index is 8.07. The van der Waals surface area contributed by atoms with E-state index in [9.17, 15) is 0 Å². The van der Waals surface area contributed by atoms with E-state index in [1.54, 1.807) is 0 Å². The quantitative estimate of drug-likeness (QED) is 0.661. The topological polar surface area (TPSA) is 40.5 Å². The highest BCUT2D eigenvalue weighted by molar-refractivity contribution is 6.44. The first-order valence-corrected chi connectivity index (χ1v) is 4.06. The average molecular weight is 189 g/mol. The van der Waals surface area contributed by atoms with Gasteiger partial charge in [-0.25, -0.2) is 0 Å². The third kappa shape index (κ3) is 23.6. The molecule has 0 saturated heterocycles. The Morgan fingerprint density at radius 1 is 1.30 bits per heavy atom. The van der Waals surface area contributed by atoms with Crippen molar-refractivity contribution in [2.75, 3.05) is 13.2 Å². The summed E-state index contributed by atoms with van der Waals surface area (Å²) in [5.41, 5.74) is 0. The number of alkyl halides is 2. The molecule has 2 N–H and O–H groups in total. The average Bonchev–Trinajstić information content (AvgIpc) is 1.91. The van der Waals surface area contributed by atoms with Gasteiger partial charge in [0.15, 0.2) is 0 Å². The number of unbranched alkanes of at least 4 members (excludes halogenated alkanes) is 1. The van der Waals surface area contributed by atoms with Gasteiger partial charge in [0.05, 0.1) is 6.61 Å². The van der Waals surface area contributed by atoms with E-state index in [-0.39, 0.29) is 6.61 Å². The molecule has 0 aromatic heterocycles. The zero-order chi connectivity index (χ0) is 8.41. The highest BCUT2D eigenvalue weighted by atomic mass is 35.5. The van der Waals surface area contributed by atoms with Gasteiger partial charge in [-0.1, -0.05) is 13.3 Å². The minimum absolute atomic E-state index is 0.164. The van der Waals surface area contributed by atoms with Crippen LogP contribution < -0.4 is 0 Å². The summed E-state index contributed by atoms with van der Waals surface area (Å²) in [6.45, 7) is 2.23. The third-order valence-electron chi connectivity index (χ3n) is 0.650. The molecule has 64 valence electrons. The molecule has 0 aliphatic heterocycles. The molecule has 0 bridgehead atoms. The molecule has 0 heterocycles. The molecule has 4 heteroatoms. The second-order valence-corrected chi connectivity index (χ2v) is 2.93. The molecule has 0 amide bonds. The Morgan fingerprint density at radius 2 is 1.70 bits per heavy atom. The molecule has 0 aliphatic carbocycles. The largest absolute Gasteiger partial charge is 0.396 e. The Balaban J connectivity index is 0. The van der Waals surface area contributed by atoms with E-state index in [1.165, 1.54) is 0 Å². The van der Waals surface area contributed by atoms with Crippen LogP contribution in [0.3, 0.4) is 0 Å². The van der Waals surface area contributed by atoms with E-state index in [2.05, 4.69) is 6.92 Å². The van der Waals surface area contributed by atoms with Gasteiger partial charge in [-0.05, 0) is 6.42 Å². The van der Waals surface area contributed by atoms with Gasteiger partial charge in [0.25, 0.3) is 0 Å². The molecule has 0 rings (SSSR count). The van der Waals surface area contributed by atoms with Gasteiger partial charge in [0.1, 0.15) is 4.84 Å². The molecule has 0 aliphatic rings. The Labute approximate surface area is 71.8 Å². The molecular weight excluding hydrogens is 175 g/mol. The molecule has 0 unspecified atom stereocenters. The smallest absolute Gasteiger partial charge is 0.130 e. The number of hydrogen-bond donors (Lipinski definition) is 2. The second kappa shape index (κ2) is 12.2. The SMILES string of the molecule is CCCCO.OCC(Cl)Cl. The number of aliphatic hydroxyl groups is 2. The van der Waals surface area contributed by atoms with Crippen LogP contribution >= 0.6 is 23.2 Å². The van der Waals surface area contributed by atoms with Crippen molar-refractivity contribution in [3.63, 3.8) is 0 Å². The predicted molar refractivity (Wildman–Crippen MR) is 44.6 cm³/mol. The fraction of sp³-hybridized carbons (Fsp3) is 1.00. The van der Waals surface area contributed by atoms with Crippen LogP contribution in [-0.2, 0) is 0 Å². The van der Waals surface area contributed by atoms with Crippen molar-refractivity contribution in [2.45, 2.75) is 24.6 Å². The Kier molecular flexibility index (Phi) is 16.0. The first kappa shape index (κ1) is 13.1. The lowest BCUT2D eigenvalue weighted by Crippen LogP contribution is -1.90. The summed E-state index contributed by atoms with van der Waals surface area (Å²) in [6.07, 6.45) is 2.04. The maximum atomic E-state index is 8.07. The summed E-state index contributed by atoms with van der Waals surface area (Å²) in [4.78, 5) is -0.616. The van der Waals surface area contributed by atoms with Crippen molar-refractivity contribution in [3.8, 4) is 0 Å². The molecule has 0 fully saturated rings. The maximum Gasteiger partial charge on any atom is 0.130 e. The van der Waals surface area contributed by atoms with Crippen molar-refractivity contribution in [1.29, 1.82) is 0 Å². The summed E-state index contributed by atoms with van der Waals surface area (Å²) < 4.78 is 0. The van der Waals surface area contributed by atoms with Crippen LogP contribution in [0.2, 0.25) is 0 Å². The van der Waals surface area contributed by atoms with Gasteiger partial charge in [-0.15, -0.1) is 23.2 Å². The summed E-state index contributed by atoms with van der Waals surface area (Å²) >= 11 is 9.96.